The number of rotatable bonds is 6. The van der Waals surface area contributed by atoms with E-state index >= 15 is 0 Å². The van der Waals surface area contributed by atoms with Crippen molar-refractivity contribution in [2.75, 3.05) is 18.1 Å². The van der Waals surface area contributed by atoms with Crippen molar-refractivity contribution in [3.05, 3.63) is 83.4 Å². The molecule has 3 aromatic heterocycles. The van der Waals surface area contributed by atoms with Crippen molar-refractivity contribution in [1.29, 1.82) is 0 Å². The highest BCUT2D eigenvalue weighted by molar-refractivity contribution is 7.91. The molecule has 1 aliphatic heterocycles. The molecule has 0 radical (unpaired) electrons. The van der Waals surface area contributed by atoms with Crippen LogP contribution in [0.2, 0.25) is 0 Å². The van der Waals surface area contributed by atoms with E-state index in [9.17, 15) is 17.6 Å². The molecule has 38 heavy (non-hydrogen) atoms. The van der Waals surface area contributed by atoms with Gasteiger partial charge >= 0.3 is 0 Å². The smallest absolute Gasteiger partial charge is 0.252 e. The summed E-state index contributed by atoms with van der Waals surface area (Å²) >= 11 is 0. The maximum atomic E-state index is 13.6. The Balaban J connectivity index is 1.37. The number of fused-ring (bicyclic) bond motifs is 2. The Morgan fingerprint density at radius 1 is 1.18 bits per heavy atom. The van der Waals surface area contributed by atoms with Gasteiger partial charge in [-0.25, -0.2) is 22.5 Å². The number of aromatic amines is 1. The molecule has 194 valence electrons. The quantitative estimate of drug-likeness (QED) is 0.338. The van der Waals surface area contributed by atoms with Crippen LogP contribution in [0.15, 0.2) is 60.8 Å². The fourth-order valence-corrected chi connectivity index (χ4v) is 6.92. The molecule has 2 N–H and O–H groups in total. The number of amides is 1. The Kier molecular flexibility index (Phi) is 5.98. The van der Waals surface area contributed by atoms with Gasteiger partial charge in [-0.1, -0.05) is 18.2 Å². The van der Waals surface area contributed by atoms with Gasteiger partial charge in [-0.15, -0.1) is 0 Å². The lowest BCUT2D eigenvalue weighted by molar-refractivity contribution is 0.0955. The van der Waals surface area contributed by atoms with Gasteiger partial charge in [0.1, 0.15) is 5.82 Å². The van der Waals surface area contributed by atoms with Crippen molar-refractivity contribution >= 4 is 37.7 Å². The molecule has 6 rings (SSSR count). The van der Waals surface area contributed by atoms with Crippen LogP contribution in [0.25, 0.3) is 33.2 Å². The van der Waals surface area contributed by atoms with E-state index in [0.29, 0.717) is 52.9 Å². The fourth-order valence-electron chi connectivity index (χ4n) is 5.23. The van der Waals surface area contributed by atoms with Gasteiger partial charge in [0.05, 0.1) is 39.9 Å². The third-order valence-electron chi connectivity index (χ3n) is 7.13. The summed E-state index contributed by atoms with van der Waals surface area (Å²) < 4.78 is 39.6. The number of hydrogen-bond donors (Lipinski definition) is 2. The predicted octanol–water partition coefficient (Wildman–Crippen LogP) is 4.36. The van der Waals surface area contributed by atoms with Crippen molar-refractivity contribution in [3.8, 4) is 11.3 Å². The molecule has 1 fully saturated rings. The number of pyridine rings is 1. The molecular weight excluding hydrogens is 505 g/mol. The third kappa shape index (κ3) is 4.45. The van der Waals surface area contributed by atoms with Crippen molar-refractivity contribution in [2.45, 2.75) is 25.8 Å². The Morgan fingerprint density at radius 3 is 2.74 bits per heavy atom. The summed E-state index contributed by atoms with van der Waals surface area (Å²) in [7, 11) is -3.16. The first kappa shape index (κ1) is 24.3. The first-order chi connectivity index (χ1) is 18.3. The molecular formula is C28H26FN5O3S. The average Bonchev–Trinajstić information content (AvgIpc) is 3.58. The molecule has 0 spiro atoms. The highest BCUT2D eigenvalue weighted by Crippen LogP contribution is 2.32. The predicted molar refractivity (Wildman–Crippen MR) is 144 cm³/mol. The number of sulfone groups is 1. The van der Waals surface area contributed by atoms with Crippen LogP contribution in [0, 0.1) is 12.7 Å². The molecule has 1 aliphatic rings. The summed E-state index contributed by atoms with van der Waals surface area (Å²) in [5.41, 5.74) is 4.74. The molecule has 1 atom stereocenters. The Labute approximate surface area is 218 Å². The van der Waals surface area contributed by atoms with E-state index < -0.39 is 9.84 Å². The van der Waals surface area contributed by atoms with Crippen LogP contribution in [0.4, 0.5) is 4.39 Å². The lowest BCUT2D eigenvalue weighted by atomic mass is 10.0. The molecule has 8 nitrogen and oxygen atoms in total. The summed E-state index contributed by atoms with van der Waals surface area (Å²) in [6, 6.07) is 15.3. The second-order valence-electron chi connectivity index (χ2n) is 9.71. The maximum absolute atomic E-state index is 13.6. The molecule has 10 heteroatoms. The topological polar surface area (TPSA) is 110 Å². The Morgan fingerprint density at radius 2 is 1.97 bits per heavy atom. The summed E-state index contributed by atoms with van der Waals surface area (Å²) in [6.07, 6.45) is 3.04. The van der Waals surface area contributed by atoms with Gasteiger partial charge in [0, 0.05) is 29.2 Å². The average molecular weight is 532 g/mol. The van der Waals surface area contributed by atoms with Crippen LogP contribution in [0.3, 0.4) is 0 Å². The number of nitrogens with zero attached hydrogens (tertiary/aromatic N) is 3. The Hall–Kier alpha value is -4.05. The van der Waals surface area contributed by atoms with E-state index in [1.54, 1.807) is 29.8 Å². The number of hydrogen-bond acceptors (Lipinski definition) is 5. The third-order valence-corrected chi connectivity index (χ3v) is 8.88. The summed E-state index contributed by atoms with van der Waals surface area (Å²) in [5, 5.41) is 9.37. The molecule has 0 saturated carbocycles. The van der Waals surface area contributed by atoms with E-state index in [-0.39, 0.29) is 29.3 Å². The van der Waals surface area contributed by atoms with E-state index in [4.69, 9.17) is 4.98 Å². The lowest BCUT2D eigenvalue weighted by Crippen LogP contribution is -2.26. The standard InChI is InChI=1S/C28H26FN5O3S/c1-17-26-23(28(35)30-12-10-19-15-31-24-5-3-2-4-22(19)24)14-25(18-6-8-20(29)9-7-18)32-27(26)34(33-17)21-11-13-38(36,37)16-21/h2-9,14-15,21,31H,10-13,16H2,1H3,(H,30,35). The van der Waals surface area contributed by atoms with Crippen LogP contribution in [-0.4, -0.2) is 52.1 Å². The van der Waals surface area contributed by atoms with Crippen LogP contribution in [0.5, 0.6) is 0 Å². The number of aromatic nitrogens is 4. The highest BCUT2D eigenvalue weighted by Gasteiger charge is 2.32. The minimum Gasteiger partial charge on any atom is -0.361 e. The fraction of sp³-hybridized carbons (Fsp3) is 0.250. The minimum absolute atomic E-state index is 0.0160. The van der Waals surface area contributed by atoms with Crippen molar-refractivity contribution < 1.29 is 17.6 Å². The molecule has 1 saturated heterocycles. The first-order valence-electron chi connectivity index (χ1n) is 12.5. The number of aryl methyl sites for hydroxylation is 1. The number of nitrogens with one attached hydrogen (secondary N) is 2. The van der Waals surface area contributed by atoms with Gasteiger partial charge in [0.2, 0.25) is 0 Å². The van der Waals surface area contributed by atoms with Gasteiger partial charge in [-0.3, -0.25) is 4.79 Å². The van der Waals surface area contributed by atoms with Gasteiger partial charge < -0.3 is 10.3 Å². The SMILES string of the molecule is Cc1nn(C2CCS(=O)(=O)C2)c2nc(-c3ccc(F)cc3)cc(C(=O)NCCc3c[nH]c4ccccc34)c12. The van der Waals surface area contributed by atoms with Crippen LogP contribution in [-0.2, 0) is 16.3 Å². The number of H-pyrrole nitrogens is 1. The zero-order valence-electron chi connectivity index (χ0n) is 20.7. The second kappa shape index (κ2) is 9.36. The lowest BCUT2D eigenvalue weighted by Gasteiger charge is -2.12. The molecule has 1 unspecified atom stereocenters. The van der Waals surface area contributed by atoms with Crippen LogP contribution < -0.4 is 5.32 Å². The zero-order valence-corrected chi connectivity index (χ0v) is 21.6. The largest absolute Gasteiger partial charge is 0.361 e. The monoisotopic (exact) mass is 531 g/mol. The van der Waals surface area contributed by atoms with Gasteiger partial charge in [0.15, 0.2) is 15.5 Å². The van der Waals surface area contributed by atoms with E-state index in [2.05, 4.69) is 15.4 Å². The number of benzene rings is 2. The van der Waals surface area contributed by atoms with E-state index in [1.807, 2.05) is 30.5 Å². The number of carbonyl (C=O) groups excluding carboxylic acids is 1. The van der Waals surface area contributed by atoms with Crippen molar-refractivity contribution in [1.82, 2.24) is 25.1 Å². The molecule has 0 bridgehead atoms. The molecule has 4 heterocycles. The normalized spacial score (nSPS) is 16.8. The number of para-hydroxylation sites is 1. The minimum atomic E-state index is -3.16. The second-order valence-corrected chi connectivity index (χ2v) is 11.9. The number of halogens is 1. The van der Waals surface area contributed by atoms with E-state index in [1.165, 1.54) is 12.1 Å². The zero-order chi connectivity index (χ0) is 26.4. The van der Waals surface area contributed by atoms with Crippen LogP contribution in [0.1, 0.15) is 34.1 Å². The van der Waals surface area contributed by atoms with E-state index in [0.717, 1.165) is 16.5 Å². The molecule has 5 aromatic rings. The van der Waals surface area contributed by atoms with Gasteiger partial charge in [-0.2, -0.15) is 5.10 Å². The van der Waals surface area contributed by atoms with Crippen molar-refractivity contribution in [2.24, 2.45) is 0 Å². The molecule has 0 aliphatic carbocycles. The van der Waals surface area contributed by atoms with Gasteiger partial charge in [-0.05, 0) is 61.7 Å². The molecule has 2 aromatic carbocycles. The van der Waals surface area contributed by atoms with Crippen LogP contribution >= 0.6 is 0 Å². The summed E-state index contributed by atoms with van der Waals surface area (Å²) in [4.78, 5) is 21.6. The maximum Gasteiger partial charge on any atom is 0.252 e. The number of carbonyl (C=O) groups is 1. The first-order valence-corrected chi connectivity index (χ1v) is 14.3. The summed E-state index contributed by atoms with van der Waals surface area (Å²) in [5.74, 6) is -0.571. The van der Waals surface area contributed by atoms with Gasteiger partial charge in [0.25, 0.3) is 5.91 Å². The summed E-state index contributed by atoms with van der Waals surface area (Å²) in [6.45, 7) is 2.22. The highest BCUT2D eigenvalue weighted by atomic mass is 32.2. The molecule has 1 amide bonds. The Bertz CT molecular complexity index is 1790. The van der Waals surface area contributed by atoms with Crippen molar-refractivity contribution in [3.63, 3.8) is 0 Å².